The fourth-order valence-corrected chi connectivity index (χ4v) is 3.14. The lowest BCUT2D eigenvalue weighted by Crippen LogP contribution is -2.25. The van der Waals surface area contributed by atoms with E-state index in [9.17, 15) is 4.79 Å². The van der Waals surface area contributed by atoms with Crippen molar-refractivity contribution in [2.24, 2.45) is 0 Å². The molecule has 1 aliphatic heterocycles. The predicted octanol–water partition coefficient (Wildman–Crippen LogP) is 2.26. The largest absolute Gasteiger partial charge is 0.346 e. The van der Waals surface area contributed by atoms with Crippen LogP contribution in [0.25, 0.3) is 11.0 Å². The fourth-order valence-electron chi connectivity index (χ4n) is 3.14. The van der Waals surface area contributed by atoms with Crippen LogP contribution < -0.4 is 10.2 Å². The molecule has 4 rings (SSSR count). The summed E-state index contributed by atoms with van der Waals surface area (Å²) in [5, 5.41) is 2.93. The summed E-state index contributed by atoms with van der Waals surface area (Å²) in [6, 6.07) is 7.22. The molecule has 2 aromatic heterocycles. The van der Waals surface area contributed by atoms with Crippen LogP contribution >= 0.6 is 0 Å². The SMILES string of the molecule is Cc1cc(CNC(=O)c2ccc3nccnc3c2)nc(N2CCCC2)n1. The molecule has 3 heterocycles. The van der Waals surface area contributed by atoms with Crippen molar-refractivity contribution >= 4 is 22.9 Å². The van der Waals surface area contributed by atoms with Gasteiger partial charge in [-0.15, -0.1) is 0 Å². The summed E-state index contributed by atoms with van der Waals surface area (Å²) in [7, 11) is 0. The number of rotatable bonds is 4. The molecule has 1 saturated heterocycles. The van der Waals surface area contributed by atoms with Crippen molar-refractivity contribution in [1.29, 1.82) is 0 Å². The summed E-state index contributed by atoms with van der Waals surface area (Å²) < 4.78 is 0. The Morgan fingerprint density at radius 2 is 1.85 bits per heavy atom. The van der Waals surface area contributed by atoms with Crippen LogP contribution in [0.2, 0.25) is 0 Å². The van der Waals surface area contributed by atoms with Crippen LogP contribution in [0.4, 0.5) is 5.95 Å². The van der Waals surface area contributed by atoms with E-state index >= 15 is 0 Å². The highest BCUT2D eigenvalue weighted by molar-refractivity contribution is 5.97. The molecule has 1 amide bonds. The van der Waals surface area contributed by atoms with Gasteiger partial charge in [0.2, 0.25) is 5.95 Å². The topological polar surface area (TPSA) is 83.9 Å². The third-order valence-corrected chi connectivity index (χ3v) is 4.45. The lowest BCUT2D eigenvalue weighted by Gasteiger charge is -2.16. The average Bonchev–Trinajstić information content (AvgIpc) is 3.20. The van der Waals surface area contributed by atoms with E-state index in [4.69, 9.17) is 0 Å². The Morgan fingerprint density at radius 1 is 1.08 bits per heavy atom. The first-order chi connectivity index (χ1) is 12.7. The van der Waals surface area contributed by atoms with E-state index in [0.717, 1.165) is 35.9 Å². The van der Waals surface area contributed by atoms with Crippen LogP contribution in [-0.2, 0) is 6.54 Å². The number of anilines is 1. The van der Waals surface area contributed by atoms with Gasteiger partial charge in [-0.2, -0.15) is 0 Å². The number of nitrogens with one attached hydrogen (secondary N) is 1. The van der Waals surface area contributed by atoms with Gasteiger partial charge in [-0.25, -0.2) is 9.97 Å². The van der Waals surface area contributed by atoms with Gasteiger partial charge in [0.25, 0.3) is 5.91 Å². The number of aryl methyl sites for hydroxylation is 1. The highest BCUT2D eigenvalue weighted by atomic mass is 16.1. The van der Waals surface area contributed by atoms with Crippen molar-refractivity contribution in [1.82, 2.24) is 25.3 Å². The molecule has 0 bridgehead atoms. The molecular formula is C19H20N6O. The Labute approximate surface area is 151 Å². The summed E-state index contributed by atoms with van der Waals surface area (Å²) >= 11 is 0. The molecule has 0 spiro atoms. The van der Waals surface area contributed by atoms with Gasteiger partial charge in [0.1, 0.15) is 0 Å². The lowest BCUT2D eigenvalue weighted by molar-refractivity contribution is 0.0950. The minimum absolute atomic E-state index is 0.156. The van der Waals surface area contributed by atoms with Crippen molar-refractivity contribution in [3.05, 3.63) is 53.6 Å². The number of benzene rings is 1. The summed E-state index contributed by atoms with van der Waals surface area (Å²) in [6.07, 6.45) is 5.60. The molecule has 7 nitrogen and oxygen atoms in total. The van der Waals surface area contributed by atoms with E-state index in [0.29, 0.717) is 17.6 Å². The summed E-state index contributed by atoms with van der Waals surface area (Å²) in [5.74, 6) is 0.601. The minimum Gasteiger partial charge on any atom is -0.346 e. The summed E-state index contributed by atoms with van der Waals surface area (Å²) in [5.41, 5.74) is 3.75. The fraction of sp³-hybridized carbons (Fsp3) is 0.316. The Morgan fingerprint density at radius 3 is 2.65 bits per heavy atom. The van der Waals surface area contributed by atoms with Crippen LogP contribution in [0.3, 0.4) is 0 Å². The molecule has 1 aromatic carbocycles. The van der Waals surface area contributed by atoms with Gasteiger partial charge in [-0.3, -0.25) is 14.8 Å². The molecule has 26 heavy (non-hydrogen) atoms. The number of aromatic nitrogens is 4. The van der Waals surface area contributed by atoms with Gasteiger partial charge in [-0.1, -0.05) is 0 Å². The zero-order chi connectivity index (χ0) is 17.9. The summed E-state index contributed by atoms with van der Waals surface area (Å²) in [6.45, 7) is 4.30. The van der Waals surface area contributed by atoms with Gasteiger partial charge in [0.15, 0.2) is 0 Å². The molecule has 0 radical (unpaired) electrons. The van der Waals surface area contributed by atoms with E-state index in [1.807, 2.05) is 13.0 Å². The van der Waals surface area contributed by atoms with Crippen molar-refractivity contribution in [2.45, 2.75) is 26.3 Å². The predicted molar refractivity (Wildman–Crippen MR) is 98.9 cm³/mol. The maximum Gasteiger partial charge on any atom is 0.251 e. The van der Waals surface area contributed by atoms with E-state index in [1.54, 1.807) is 30.6 Å². The molecule has 1 fully saturated rings. The van der Waals surface area contributed by atoms with Crippen molar-refractivity contribution < 1.29 is 4.79 Å². The van der Waals surface area contributed by atoms with E-state index < -0.39 is 0 Å². The highest BCUT2D eigenvalue weighted by Crippen LogP contribution is 2.17. The minimum atomic E-state index is -0.156. The molecule has 0 aliphatic carbocycles. The highest BCUT2D eigenvalue weighted by Gasteiger charge is 2.16. The van der Waals surface area contributed by atoms with Crippen molar-refractivity contribution in [3.8, 4) is 0 Å². The number of nitrogens with zero attached hydrogens (tertiary/aromatic N) is 5. The number of hydrogen-bond donors (Lipinski definition) is 1. The third kappa shape index (κ3) is 3.46. The number of fused-ring (bicyclic) bond motifs is 1. The zero-order valence-electron chi connectivity index (χ0n) is 14.6. The van der Waals surface area contributed by atoms with Crippen LogP contribution in [0.5, 0.6) is 0 Å². The molecular weight excluding hydrogens is 328 g/mol. The van der Waals surface area contributed by atoms with Crippen molar-refractivity contribution in [2.75, 3.05) is 18.0 Å². The molecule has 0 saturated carbocycles. The normalized spacial score (nSPS) is 14.0. The van der Waals surface area contributed by atoms with Gasteiger partial charge >= 0.3 is 0 Å². The van der Waals surface area contributed by atoms with E-state index in [-0.39, 0.29) is 5.91 Å². The second kappa shape index (κ2) is 7.03. The van der Waals surface area contributed by atoms with Crippen LogP contribution in [0, 0.1) is 6.92 Å². The molecule has 1 aliphatic rings. The lowest BCUT2D eigenvalue weighted by atomic mass is 10.2. The van der Waals surface area contributed by atoms with Gasteiger partial charge in [-0.05, 0) is 44.0 Å². The Kier molecular flexibility index (Phi) is 4.43. The second-order valence-electron chi connectivity index (χ2n) is 6.44. The van der Waals surface area contributed by atoms with E-state index in [2.05, 4.69) is 30.2 Å². The number of hydrogen-bond acceptors (Lipinski definition) is 6. The first-order valence-electron chi connectivity index (χ1n) is 8.77. The molecule has 132 valence electrons. The quantitative estimate of drug-likeness (QED) is 0.778. The number of amides is 1. The molecule has 1 N–H and O–H groups in total. The standard InChI is InChI=1S/C19H20N6O/c1-13-10-15(24-19(23-13)25-8-2-3-9-25)12-22-18(26)14-4-5-16-17(11-14)21-7-6-20-16/h4-7,10-11H,2-3,8-9,12H2,1H3,(H,22,26). The third-order valence-electron chi connectivity index (χ3n) is 4.45. The van der Waals surface area contributed by atoms with Gasteiger partial charge < -0.3 is 10.2 Å². The first-order valence-corrected chi connectivity index (χ1v) is 8.77. The maximum atomic E-state index is 12.5. The van der Waals surface area contributed by atoms with Gasteiger partial charge in [0.05, 0.1) is 23.3 Å². The molecule has 7 heteroatoms. The summed E-state index contributed by atoms with van der Waals surface area (Å²) in [4.78, 5) is 32.3. The molecule has 0 unspecified atom stereocenters. The van der Waals surface area contributed by atoms with Crippen molar-refractivity contribution in [3.63, 3.8) is 0 Å². The second-order valence-corrected chi connectivity index (χ2v) is 6.44. The van der Waals surface area contributed by atoms with E-state index in [1.165, 1.54) is 12.8 Å². The molecule has 3 aromatic rings. The first kappa shape index (κ1) is 16.4. The van der Waals surface area contributed by atoms with Gasteiger partial charge in [0, 0.05) is 36.7 Å². The zero-order valence-corrected chi connectivity index (χ0v) is 14.6. The maximum absolute atomic E-state index is 12.5. The number of carbonyl (C=O) groups excluding carboxylic acids is 1. The number of carbonyl (C=O) groups is 1. The average molecular weight is 348 g/mol. The Bertz CT molecular complexity index is 952. The monoisotopic (exact) mass is 348 g/mol. The van der Waals surface area contributed by atoms with Crippen LogP contribution in [-0.4, -0.2) is 38.9 Å². The molecule has 0 atom stereocenters. The van der Waals surface area contributed by atoms with Crippen LogP contribution in [0.15, 0.2) is 36.7 Å². The smallest absolute Gasteiger partial charge is 0.251 e. The van der Waals surface area contributed by atoms with Crippen LogP contribution in [0.1, 0.15) is 34.6 Å². The Balaban J connectivity index is 1.48. The Hall–Kier alpha value is -3.09.